The summed E-state index contributed by atoms with van der Waals surface area (Å²) in [6, 6.07) is 14.7. The standard InChI is InChI=1S/C35H36Cl2N4O.2C2H6/c1-24(35-31(36)21-38-22-32(35)37)42-29-12-14-34-30(20-29)33(39-40-34)13-11-25-7-9-28(10-8-25)23-41-17-15-27(16-18-41)19-26-5-3-2-4-6-26;2*1-2/h3,5-14,20-22,24,27H,2,4,15-19,23H2,1H3,(H,39,40);2*1-2H3/b13-11+;;. The Kier molecular flexibility index (Phi) is 13.9. The summed E-state index contributed by atoms with van der Waals surface area (Å²) in [7, 11) is 0. The van der Waals surface area contributed by atoms with E-state index in [2.05, 4.69) is 68.7 Å². The minimum absolute atomic E-state index is 0.335. The number of fused-ring (bicyclic) bond motifs is 1. The predicted molar refractivity (Wildman–Crippen MR) is 197 cm³/mol. The SMILES string of the molecule is CC.CC.CC(Oc1ccc2[nH]nc(/C=C/c3ccc(CN4CCC(CC5=CCCC=C5)CC4)cc3)c2c1)c1c(Cl)cncc1Cl. The monoisotopic (exact) mass is 658 g/mol. The number of likely N-dealkylation sites (tertiary alicyclic amines) is 1. The van der Waals surface area contributed by atoms with E-state index in [1.807, 2.05) is 58.9 Å². The second kappa shape index (κ2) is 18.1. The van der Waals surface area contributed by atoms with E-state index in [0.717, 1.165) is 40.2 Å². The van der Waals surface area contributed by atoms with E-state index in [0.29, 0.717) is 15.8 Å². The maximum Gasteiger partial charge on any atom is 0.124 e. The Morgan fingerprint density at radius 2 is 1.67 bits per heavy atom. The average Bonchev–Trinajstić information content (AvgIpc) is 3.50. The van der Waals surface area contributed by atoms with Gasteiger partial charge in [0.25, 0.3) is 0 Å². The fourth-order valence-electron chi connectivity index (χ4n) is 5.96. The van der Waals surface area contributed by atoms with E-state index in [1.54, 1.807) is 18.0 Å². The lowest BCUT2D eigenvalue weighted by Crippen LogP contribution is -2.33. The number of nitrogens with zero attached hydrogens (tertiary/aromatic N) is 3. The summed E-state index contributed by atoms with van der Waals surface area (Å²) in [4.78, 5) is 6.63. The van der Waals surface area contributed by atoms with E-state index in [-0.39, 0.29) is 6.10 Å². The van der Waals surface area contributed by atoms with E-state index >= 15 is 0 Å². The molecule has 1 aliphatic heterocycles. The van der Waals surface area contributed by atoms with Crippen LogP contribution in [0.5, 0.6) is 5.75 Å². The molecule has 7 heteroatoms. The molecule has 3 heterocycles. The molecule has 6 rings (SSSR count). The number of pyridine rings is 1. The van der Waals surface area contributed by atoms with Gasteiger partial charge in [-0.1, -0.05) is 105 Å². The fourth-order valence-corrected chi connectivity index (χ4v) is 6.63. The Bertz CT molecular complexity index is 1590. The van der Waals surface area contributed by atoms with Crippen LogP contribution >= 0.6 is 23.2 Å². The number of ether oxygens (including phenoxy) is 1. The quantitative estimate of drug-likeness (QED) is 0.194. The van der Waals surface area contributed by atoms with Gasteiger partial charge in [0.05, 0.1) is 21.3 Å². The minimum Gasteiger partial charge on any atom is -0.486 e. The number of hydrogen-bond donors (Lipinski definition) is 1. The zero-order chi connectivity index (χ0) is 32.9. The molecule has 244 valence electrons. The Balaban J connectivity index is 0.00000116. The number of halogens is 2. The number of aromatic nitrogens is 3. The van der Waals surface area contributed by atoms with Crippen molar-refractivity contribution in [2.75, 3.05) is 13.1 Å². The summed E-state index contributed by atoms with van der Waals surface area (Å²) in [5, 5.41) is 9.60. The van der Waals surface area contributed by atoms with Gasteiger partial charge in [-0.15, -0.1) is 0 Å². The molecule has 2 aromatic carbocycles. The van der Waals surface area contributed by atoms with Gasteiger partial charge in [-0.2, -0.15) is 5.10 Å². The zero-order valence-corrected chi connectivity index (χ0v) is 29.4. The molecule has 0 spiro atoms. The highest BCUT2D eigenvalue weighted by molar-refractivity contribution is 6.35. The molecular formula is C39H48Cl2N4O. The van der Waals surface area contributed by atoms with Crippen LogP contribution in [0.3, 0.4) is 0 Å². The summed E-state index contributed by atoms with van der Waals surface area (Å²) < 4.78 is 6.20. The highest BCUT2D eigenvalue weighted by Crippen LogP contribution is 2.34. The van der Waals surface area contributed by atoms with Gasteiger partial charge in [-0.05, 0) is 93.4 Å². The molecule has 0 radical (unpaired) electrons. The molecule has 1 aliphatic carbocycles. The third kappa shape index (κ3) is 9.57. The van der Waals surface area contributed by atoms with E-state index in [9.17, 15) is 0 Å². The highest BCUT2D eigenvalue weighted by Gasteiger charge is 2.20. The first-order valence-electron chi connectivity index (χ1n) is 16.8. The van der Waals surface area contributed by atoms with Crippen molar-refractivity contribution in [2.24, 2.45) is 5.92 Å². The molecular weight excluding hydrogens is 611 g/mol. The van der Waals surface area contributed by atoms with Crippen LogP contribution in [0.4, 0.5) is 0 Å². The second-order valence-corrected chi connectivity index (χ2v) is 12.2. The lowest BCUT2D eigenvalue weighted by molar-refractivity contribution is 0.177. The summed E-state index contributed by atoms with van der Waals surface area (Å²) >= 11 is 12.7. The molecule has 0 amide bonds. The van der Waals surface area contributed by atoms with Crippen LogP contribution in [0.1, 0.15) is 95.2 Å². The van der Waals surface area contributed by atoms with Crippen LogP contribution in [0.2, 0.25) is 10.0 Å². The molecule has 1 fully saturated rings. The Labute approximate surface area is 285 Å². The Morgan fingerprint density at radius 1 is 0.957 bits per heavy atom. The van der Waals surface area contributed by atoms with Crippen molar-refractivity contribution in [1.82, 2.24) is 20.1 Å². The summed E-state index contributed by atoms with van der Waals surface area (Å²) in [6.45, 7) is 13.3. The summed E-state index contributed by atoms with van der Waals surface area (Å²) in [5.74, 6) is 1.54. The molecule has 1 saturated heterocycles. The van der Waals surface area contributed by atoms with Gasteiger partial charge < -0.3 is 4.74 Å². The third-order valence-corrected chi connectivity index (χ3v) is 8.90. The van der Waals surface area contributed by atoms with Crippen molar-refractivity contribution in [2.45, 2.75) is 79.4 Å². The molecule has 4 aromatic rings. The number of H-pyrrole nitrogens is 1. The maximum atomic E-state index is 6.33. The lowest BCUT2D eigenvalue weighted by atomic mass is 9.88. The van der Waals surface area contributed by atoms with Gasteiger partial charge in [0, 0.05) is 29.9 Å². The van der Waals surface area contributed by atoms with Crippen LogP contribution in [0.15, 0.2) is 78.7 Å². The summed E-state index contributed by atoms with van der Waals surface area (Å²) in [6.07, 6.45) is 20.3. The topological polar surface area (TPSA) is 54.0 Å². The zero-order valence-electron chi connectivity index (χ0n) is 27.9. The van der Waals surface area contributed by atoms with Gasteiger partial charge in [0.2, 0.25) is 0 Å². The van der Waals surface area contributed by atoms with Crippen molar-refractivity contribution in [1.29, 1.82) is 0 Å². The molecule has 1 atom stereocenters. The van der Waals surface area contributed by atoms with Gasteiger partial charge in [0.1, 0.15) is 11.9 Å². The van der Waals surface area contributed by atoms with E-state index in [1.165, 1.54) is 50.8 Å². The van der Waals surface area contributed by atoms with Crippen LogP contribution in [-0.2, 0) is 6.54 Å². The van der Waals surface area contributed by atoms with Crippen molar-refractivity contribution in [3.05, 3.63) is 111 Å². The number of benzene rings is 2. The fraction of sp³-hybridized carbons (Fsp3) is 0.385. The normalized spacial score (nSPS) is 15.9. The Hall–Kier alpha value is -3.38. The first-order valence-corrected chi connectivity index (χ1v) is 17.6. The van der Waals surface area contributed by atoms with Crippen LogP contribution in [-0.4, -0.2) is 33.2 Å². The van der Waals surface area contributed by atoms with Crippen molar-refractivity contribution < 1.29 is 4.74 Å². The number of allylic oxidation sites excluding steroid dienone is 4. The van der Waals surface area contributed by atoms with Crippen molar-refractivity contribution in [3.8, 4) is 5.75 Å². The van der Waals surface area contributed by atoms with Crippen LogP contribution < -0.4 is 4.74 Å². The van der Waals surface area contributed by atoms with Crippen LogP contribution in [0, 0.1) is 5.92 Å². The predicted octanol–water partition coefficient (Wildman–Crippen LogP) is 11.5. The molecule has 46 heavy (non-hydrogen) atoms. The number of nitrogens with one attached hydrogen (secondary N) is 1. The molecule has 1 unspecified atom stereocenters. The number of piperidine rings is 1. The average molecular weight is 660 g/mol. The second-order valence-electron chi connectivity index (χ2n) is 11.4. The first kappa shape index (κ1) is 35.5. The molecule has 2 aromatic heterocycles. The Morgan fingerprint density at radius 3 is 2.35 bits per heavy atom. The van der Waals surface area contributed by atoms with Crippen molar-refractivity contribution in [3.63, 3.8) is 0 Å². The number of rotatable bonds is 9. The maximum absolute atomic E-state index is 6.33. The largest absolute Gasteiger partial charge is 0.486 e. The number of aromatic amines is 1. The number of hydrogen-bond acceptors (Lipinski definition) is 4. The van der Waals surface area contributed by atoms with Gasteiger partial charge in [0.15, 0.2) is 0 Å². The minimum atomic E-state index is -0.335. The third-order valence-electron chi connectivity index (χ3n) is 8.30. The first-order chi connectivity index (χ1) is 22.5. The lowest BCUT2D eigenvalue weighted by Gasteiger charge is -2.32. The van der Waals surface area contributed by atoms with Crippen LogP contribution in [0.25, 0.3) is 23.1 Å². The summed E-state index contributed by atoms with van der Waals surface area (Å²) in [5.41, 5.74) is 6.57. The molecule has 1 N–H and O–H groups in total. The van der Waals surface area contributed by atoms with Gasteiger partial charge in [-0.25, -0.2) is 0 Å². The molecule has 0 saturated carbocycles. The van der Waals surface area contributed by atoms with Crippen molar-refractivity contribution >= 4 is 46.3 Å². The van der Waals surface area contributed by atoms with Gasteiger partial charge >= 0.3 is 0 Å². The van der Waals surface area contributed by atoms with Gasteiger partial charge in [-0.3, -0.25) is 15.0 Å². The molecule has 0 bridgehead atoms. The van der Waals surface area contributed by atoms with E-state index in [4.69, 9.17) is 27.9 Å². The molecule has 5 nitrogen and oxygen atoms in total. The van der Waals surface area contributed by atoms with E-state index < -0.39 is 0 Å². The molecule has 2 aliphatic rings. The highest BCUT2D eigenvalue weighted by atomic mass is 35.5. The smallest absolute Gasteiger partial charge is 0.124 e.